The molecular weight excluding hydrogens is 222 g/mol. The van der Waals surface area contributed by atoms with E-state index in [-0.39, 0.29) is 5.60 Å². The molecule has 1 aromatic carbocycles. The number of ether oxygens (including phenoxy) is 1. The summed E-state index contributed by atoms with van der Waals surface area (Å²) < 4.78 is 5.57. The summed E-state index contributed by atoms with van der Waals surface area (Å²) in [5, 5.41) is 3.44. The molecule has 0 amide bonds. The molecule has 1 aliphatic heterocycles. The van der Waals surface area contributed by atoms with Gasteiger partial charge in [0.25, 0.3) is 0 Å². The maximum atomic E-state index is 5.57. The molecular formula is C16H25NO. The van der Waals surface area contributed by atoms with Crippen LogP contribution in [0.3, 0.4) is 0 Å². The Labute approximate surface area is 111 Å². The first-order chi connectivity index (χ1) is 8.62. The Kier molecular flexibility index (Phi) is 4.41. The van der Waals surface area contributed by atoms with Gasteiger partial charge in [0.1, 0.15) is 0 Å². The number of hydrogen-bond acceptors (Lipinski definition) is 2. The highest BCUT2D eigenvalue weighted by Crippen LogP contribution is 2.30. The van der Waals surface area contributed by atoms with Gasteiger partial charge in [-0.15, -0.1) is 0 Å². The van der Waals surface area contributed by atoms with Crippen molar-refractivity contribution in [3.8, 4) is 0 Å². The monoisotopic (exact) mass is 247 g/mol. The summed E-state index contributed by atoms with van der Waals surface area (Å²) in [7, 11) is 1.80. The minimum Gasteiger partial charge on any atom is -0.378 e. The van der Waals surface area contributed by atoms with E-state index in [0.29, 0.717) is 0 Å². The Morgan fingerprint density at radius 2 is 1.89 bits per heavy atom. The van der Waals surface area contributed by atoms with E-state index in [0.717, 1.165) is 25.4 Å². The van der Waals surface area contributed by atoms with Crippen molar-refractivity contribution in [2.75, 3.05) is 20.2 Å². The smallest absolute Gasteiger partial charge is 0.0663 e. The van der Waals surface area contributed by atoms with Crippen LogP contribution in [0.2, 0.25) is 0 Å². The van der Waals surface area contributed by atoms with E-state index in [1.807, 2.05) is 0 Å². The summed E-state index contributed by atoms with van der Waals surface area (Å²) >= 11 is 0. The maximum Gasteiger partial charge on any atom is 0.0663 e. The lowest BCUT2D eigenvalue weighted by molar-refractivity contribution is 0.0229. The van der Waals surface area contributed by atoms with E-state index in [9.17, 15) is 0 Å². The standard InChI is InChI=1S/C16H25NO/c1-16(2,18-3)12-14-6-4-5-7-15(14)13-8-10-17-11-9-13/h4-7,13,17H,8-12H2,1-3H3. The van der Waals surface area contributed by atoms with Gasteiger partial charge in [-0.3, -0.25) is 0 Å². The lowest BCUT2D eigenvalue weighted by Crippen LogP contribution is -2.29. The number of rotatable bonds is 4. The van der Waals surface area contributed by atoms with E-state index in [2.05, 4.69) is 43.4 Å². The molecule has 0 saturated carbocycles. The zero-order valence-corrected chi connectivity index (χ0v) is 11.8. The van der Waals surface area contributed by atoms with Gasteiger partial charge in [-0.1, -0.05) is 24.3 Å². The molecule has 100 valence electrons. The quantitative estimate of drug-likeness (QED) is 0.882. The highest BCUT2D eigenvalue weighted by molar-refractivity contribution is 5.32. The van der Waals surface area contributed by atoms with Crippen molar-refractivity contribution in [2.45, 2.75) is 44.6 Å². The summed E-state index contributed by atoms with van der Waals surface area (Å²) in [4.78, 5) is 0. The minimum atomic E-state index is -0.0803. The minimum absolute atomic E-state index is 0.0803. The van der Waals surface area contributed by atoms with Crippen LogP contribution in [0.5, 0.6) is 0 Å². The third-order valence-corrected chi connectivity index (χ3v) is 4.00. The van der Waals surface area contributed by atoms with E-state index >= 15 is 0 Å². The largest absolute Gasteiger partial charge is 0.378 e. The topological polar surface area (TPSA) is 21.3 Å². The highest BCUT2D eigenvalue weighted by atomic mass is 16.5. The van der Waals surface area contributed by atoms with Crippen molar-refractivity contribution in [3.05, 3.63) is 35.4 Å². The van der Waals surface area contributed by atoms with Crippen LogP contribution in [0.25, 0.3) is 0 Å². The zero-order valence-electron chi connectivity index (χ0n) is 11.8. The second-order valence-electron chi connectivity index (χ2n) is 5.86. The van der Waals surface area contributed by atoms with Crippen molar-refractivity contribution < 1.29 is 4.74 Å². The average Bonchev–Trinajstić information content (AvgIpc) is 2.40. The van der Waals surface area contributed by atoms with Crippen LogP contribution in [-0.2, 0) is 11.2 Å². The van der Waals surface area contributed by atoms with Crippen molar-refractivity contribution in [1.82, 2.24) is 5.32 Å². The van der Waals surface area contributed by atoms with Crippen molar-refractivity contribution in [2.24, 2.45) is 0 Å². The molecule has 18 heavy (non-hydrogen) atoms. The molecule has 0 unspecified atom stereocenters. The second kappa shape index (κ2) is 5.85. The highest BCUT2D eigenvalue weighted by Gasteiger charge is 2.22. The molecule has 0 bridgehead atoms. The van der Waals surface area contributed by atoms with Gasteiger partial charge in [-0.2, -0.15) is 0 Å². The van der Waals surface area contributed by atoms with E-state index in [4.69, 9.17) is 4.74 Å². The lowest BCUT2D eigenvalue weighted by Gasteiger charge is -2.28. The first kappa shape index (κ1) is 13.6. The van der Waals surface area contributed by atoms with Crippen molar-refractivity contribution in [1.29, 1.82) is 0 Å². The molecule has 1 heterocycles. The van der Waals surface area contributed by atoms with Crippen LogP contribution in [0.15, 0.2) is 24.3 Å². The Morgan fingerprint density at radius 3 is 2.56 bits per heavy atom. The Hall–Kier alpha value is -0.860. The summed E-state index contributed by atoms with van der Waals surface area (Å²) in [5.74, 6) is 0.718. The van der Waals surface area contributed by atoms with Gasteiger partial charge >= 0.3 is 0 Å². The summed E-state index contributed by atoms with van der Waals surface area (Å²) in [6.07, 6.45) is 3.50. The van der Waals surface area contributed by atoms with Gasteiger partial charge in [-0.25, -0.2) is 0 Å². The number of piperidine rings is 1. The molecule has 1 aromatic rings. The van der Waals surface area contributed by atoms with Gasteiger partial charge in [0.15, 0.2) is 0 Å². The summed E-state index contributed by atoms with van der Waals surface area (Å²) in [6.45, 7) is 6.61. The maximum absolute atomic E-state index is 5.57. The van der Waals surface area contributed by atoms with Crippen LogP contribution in [0, 0.1) is 0 Å². The molecule has 1 N–H and O–H groups in total. The van der Waals surface area contributed by atoms with Crippen LogP contribution < -0.4 is 5.32 Å². The molecule has 1 saturated heterocycles. The molecule has 1 aliphatic rings. The predicted octanol–water partition coefficient (Wildman–Crippen LogP) is 3.12. The van der Waals surface area contributed by atoms with E-state index in [1.165, 1.54) is 24.0 Å². The van der Waals surface area contributed by atoms with Gasteiger partial charge in [-0.05, 0) is 56.8 Å². The number of benzene rings is 1. The molecule has 0 radical (unpaired) electrons. The molecule has 2 nitrogen and oxygen atoms in total. The van der Waals surface area contributed by atoms with Gasteiger partial charge in [0.2, 0.25) is 0 Å². The Bertz CT molecular complexity index is 380. The average molecular weight is 247 g/mol. The fraction of sp³-hybridized carbons (Fsp3) is 0.625. The number of nitrogens with one attached hydrogen (secondary N) is 1. The fourth-order valence-electron chi connectivity index (χ4n) is 2.76. The Morgan fingerprint density at radius 1 is 1.22 bits per heavy atom. The van der Waals surface area contributed by atoms with Gasteiger partial charge in [0, 0.05) is 13.5 Å². The molecule has 0 atom stereocenters. The van der Waals surface area contributed by atoms with Crippen molar-refractivity contribution >= 4 is 0 Å². The van der Waals surface area contributed by atoms with Crippen LogP contribution in [-0.4, -0.2) is 25.8 Å². The fourth-order valence-corrected chi connectivity index (χ4v) is 2.76. The molecule has 1 fully saturated rings. The molecule has 2 rings (SSSR count). The number of methoxy groups -OCH3 is 1. The molecule has 0 aromatic heterocycles. The normalized spacial score (nSPS) is 17.9. The first-order valence-corrected chi connectivity index (χ1v) is 6.96. The second-order valence-corrected chi connectivity index (χ2v) is 5.86. The number of hydrogen-bond donors (Lipinski definition) is 1. The molecule has 0 aliphatic carbocycles. The third-order valence-electron chi connectivity index (χ3n) is 4.00. The van der Waals surface area contributed by atoms with Crippen LogP contribution >= 0.6 is 0 Å². The Balaban J connectivity index is 2.19. The van der Waals surface area contributed by atoms with Gasteiger partial charge < -0.3 is 10.1 Å². The third kappa shape index (κ3) is 3.33. The lowest BCUT2D eigenvalue weighted by atomic mass is 9.84. The van der Waals surface area contributed by atoms with Crippen LogP contribution in [0.1, 0.15) is 43.7 Å². The zero-order chi connectivity index (χ0) is 13.0. The molecule has 0 spiro atoms. The van der Waals surface area contributed by atoms with Gasteiger partial charge in [0.05, 0.1) is 5.60 Å². The molecule has 2 heteroatoms. The summed E-state index contributed by atoms with van der Waals surface area (Å²) in [5.41, 5.74) is 2.91. The first-order valence-electron chi connectivity index (χ1n) is 6.96. The van der Waals surface area contributed by atoms with E-state index < -0.39 is 0 Å². The van der Waals surface area contributed by atoms with E-state index in [1.54, 1.807) is 7.11 Å². The SMILES string of the molecule is COC(C)(C)Cc1ccccc1C1CCNCC1. The van der Waals surface area contributed by atoms with Crippen molar-refractivity contribution in [3.63, 3.8) is 0 Å². The van der Waals surface area contributed by atoms with Crippen LogP contribution in [0.4, 0.5) is 0 Å². The summed E-state index contributed by atoms with van der Waals surface area (Å²) in [6, 6.07) is 8.88. The predicted molar refractivity (Wildman–Crippen MR) is 76.1 cm³/mol.